The van der Waals surface area contributed by atoms with Gasteiger partial charge in [-0.3, -0.25) is 14.5 Å². The number of hydrogen-bond donors (Lipinski definition) is 3. The van der Waals surface area contributed by atoms with Crippen LogP contribution in [0, 0.1) is 32.6 Å². The summed E-state index contributed by atoms with van der Waals surface area (Å²) in [5, 5.41) is 13.0. The number of β-amino-alcohol motifs (C(OH)–C–C–N with tert-alkyl or cyclic N) is 1. The van der Waals surface area contributed by atoms with Gasteiger partial charge in [0.1, 0.15) is 0 Å². The molecule has 1 saturated carbocycles. The number of carbonyl (C=O) groups is 1. The molecule has 8 heteroatoms. The van der Waals surface area contributed by atoms with Crippen LogP contribution in [0.1, 0.15) is 83.8 Å². The lowest BCUT2D eigenvalue weighted by atomic mass is 9.88. The summed E-state index contributed by atoms with van der Waals surface area (Å²) in [5.41, 5.74) is 5.45. The molecular formula is C34H49N5O3. The van der Waals surface area contributed by atoms with Crippen molar-refractivity contribution < 1.29 is 9.90 Å². The Balaban J connectivity index is 1.62. The van der Waals surface area contributed by atoms with Crippen molar-refractivity contribution in [2.24, 2.45) is 0 Å². The Kier molecular flexibility index (Phi) is 10.9. The van der Waals surface area contributed by atoms with Crippen LogP contribution in [0.25, 0.3) is 0 Å². The molecule has 1 atom stereocenters. The third kappa shape index (κ3) is 7.83. The van der Waals surface area contributed by atoms with Gasteiger partial charge in [0, 0.05) is 59.8 Å². The maximum atomic E-state index is 13.7. The van der Waals surface area contributed by atoms with Crippen molar-refractivity contribution in [3.8, 4) is 11.8 Å². The number of amides is 1. The Morgan fingerprint density at radius 2 is 1.81 bits per heavy atom. The van der Waals surface area contributed by atoms with Gasteiger partial charge in [-0.25, -0.2) is 0 Å². The number of anilines is 1. The molecule has 1 aromatic carbocycles. The van der Waals surface area contributed by atoms with Crippen molar-refractivity contribution in [2.75, 3.05) is 45.2 Å². The molecule has 1 aliphatic carbocycles. The fraction of sp³-hybridized carbons (Fsp3) is 0.588. The highest BCUT2D eigenvalue weighted by atomic mass is 16.3. The molecule has 3 N–H and O–H groups in total. The van der Waals surface area contributed by atoms with Gasteiger partial charge in [-0.05, 0) is 116 Å². The van der Waals surface area contributed by atoms with E-state index >= 15 is 0 Å². The summed E-state index contributed by atoms with van der Waals surface area (Å²) in [6, 6.07) is 6.97. The third-order valence-electron chi connectivity index (χ3n) is 9.05. The SMILES string of the molecule is CCN(c1cc(C#CCN2CCC[C@H](O)C2)cc(C(=O)NCc2c(C)cc(C)[nH]c2=O)c1C)C1CCC(N(C)C)CC1. The molecule has 1 aliphatic heterocycles. The normalized spacial score (nSPS) is 21.1. The van der Waals surface area contributed by atoms with E-state index in [-0.39, 0.29) is 24.1 Å². The molecule has 2 fully saturated rings. The predicted octanol–water partition coefficient (Wildman–Crippen LogP) is 3.74. The molecule has 4 rings (SSSR count). The maximum absolute atomic E-state index is 13.7. The Morgan fingerprint density at radius 1 is 1.10 bits per heavy atom. The van der Waals surface area contributed by atoms with E-state index < -0.39 is 0 Å². The fourth-order valence-corrected chi connectivity index (χ4v) is 6.61. The first-order valence-electron chi connectivity index (χ1n) is 15.5. The molecule has 1 aromatic heterocycles. The topological polar surface area (TPSA) is 91.9 Å². The zero-order valence-corrected chi connectivity index (χ0v) is 26.3. The van der Waals surface area contributed by atoms with Gasteiger partial charge in [0.05, 0.1) is 12.6 Å². The summed E-state index contributed by atoms with van der Waals surface area (Å²) in [5.74, 6) is 6.43. The maximum Gasteiger partial charge on any atom is 0.253 e. The van der Waals surface area contributed by atoms with Gasteiger partial charge < -0.3 is 25.2 Å². The van der Waals surface area contributed by atoms with Crippen LogP contribution in [0.15, 0.2) is 23.0 Å². The van der Waals surface area contributed by atoms with Crippen LogP contribution in [-0.4, -0.2) is 84.3 Å². The summed E-state index contributed by atoms with van der Waals surface area (Å²) < 4.78 is 0. The number of piperidine rings is 1. The second kappa shape index (κ2) is 14.4. The predicted molar refractivity (Wildman–Crippen MR) is 170 cm³/mol. The number of hydrogen-bond acceptors (Lipinski definition) is 6. The number of likely N-dealkylation sites (tertiary alicyclic amines) is 1. The number of aliphatic hydroxyl groups excluding tert-OH is 1. The van der Waals surface area contributed by atoms with Crippen LogP contribution < -0.4 is 15.8 Å². The zero-order chi connectivity index (χ0) is 30.4. The lowest BCUT2D eigenvalue weighted by molar-refractivity contribution is 0.0780. The molecule has 42 heavy (non-hydrogen) atoms. The van der Waals surface area contributed by atoms with E-state index in [9.17, 15) is 14.7 Å². The van der Waals surface area contributed by atoms with Gasteiger partial charge in [-0.1, -0.05) is 11.8 Å². The summed E-state index contributed by atoms with van der Waals surface area (Å²) in [6.45, 7) is 11.1. The summed E-state index contributed by atoms with van der Waals surface area (Å²) in [6.07, 6.45) is 6.08. The van der Waals surface area contributed by atoms with Crippen LogP contribution in [-0.2, 0) is 6.54 Å². The van der Waals surface area contributed by atoms with Crippen molar-refractivity contribution >= 4 is 11.6 Å². The van der Waals surface area contributed by atoms with Gasteiger partial charge in [0.2, 0.25) is 0 Å². The van der Waals surface area contributed by atoms with Gasteiger partial charge in [-0.2, -0.15) is 0 Å². The van der Waals surface area contributed by atoms with E-state index in [4.69, 9.17) is 0 Å². The molecule has 0 spiro atoms. The molecule has 2 heterocycles. The molecular weight excluding hydrogens is 526 g/mol. The molecule has 0 bridgehead atoms. The number of aromatic amines is 1. The van der Waals surface area contributed by atoms with Crippen molar-refractivity contribution in [3.05, 3.63) is 62.1 Å². The van der Waals surface area contributed by atoms with E-state index in [1.54, 1.807) is 0 Å². The van der Waals surface area contributed by atoms with Crippen LogP contribution in [0.4, 0.5) is 5.69 Å². The van der Waals surface area contributed by atoms with Crippen LogP contribution in [0.3, 0.4) is 0 Å². The lowest BCUT2D eigenvalue weighted by Gasteiger charge is -2.40. The highest BCUT2D eigenvalue weighted by Crippen LogP contribution is 2.33. The van der Waals surface area contributed by atoms with E-state index in [2.05, 4.69) is 63.9 Å². The summed E-state index contributed by atoms with van der Waals surface area (Å²) in [4.78, 5) is 36.0. The van der Waals surface area contributed by atoms with E-state index in [0.29, 0.717) is 36.3 Å². The van der Waals surface area contributed by atoms with Crippen molar-refractivity contribution in [3.63, 3.8) is 0 Å². The highest BCUT2D eigenvalue weighted by Gasteiger charge is 2.28. The molecule has 1 saturated heterocycles. The quantitative estimate of drug-likeness (QED) is 0.416. The number of aryl methyl sites for hydroxylation is 2. The van der Waals surface area contributed by atoms with Gasteiger partial charge in [0.25, 0.3) is 11.5 Å². The fourth-order valence-electron chi connectivity index (χ4n) is 6.61. The van der Waals surface area contributed by atoms with Gasteiger partial charge in [0.15, 0.2) is 0 Å². The Morgan fingerprint density at radius 3 is 2.45 bits per heavy atom. The minimum Gasteiger partial charge on any atom is -0.392 e. The van der Waals surface area contributed by atoms with Gasteiger partial charge in [-0.15, -0.1) is 0 Å². The average Bonchev–Trinajstić information content (AvgIpc) is 2.94. The number of rotatable bonds is 8. The minimum absolute atomic E-state index is 0.161. The average molecular weight is 576 g/mol. The number of aliphatic hydroxyl groups is 1. The Hall–Kier alpha value is -3.12. The first kappa shape index (κ1) is 31.8. The van der Waals surface area contributed by atoms with Crippen molar-refractivity contribution in [1.82, 2.24) is 20.1 Å². The van der Waals surface area contributed by atoms with Crippen molar-refractivity contribution in [2.45, 2.75) is 91.0 Å². The second-order valence-electron chi connectivity index (χ2n) is 12.3. The number of pyridine rings is 1. The summed E-state index contributed by atoms with van der Waals surface area (Å²) in [7, 11) is 4.33. The molecule has 228 valence electrons. The molecule has 0 unspecified atom stereocenters. The Labute approximate surface area is 251 Å². The molecule has 0 radical (unpaired) electrons. The number of nitrogens with one attached hydrogen (secondary N) is 2. The van der Waals surface area contributed by atoms with Crippen molar-refractivity contribution in [1.29, 1.82) is 0 Å². The number of aromatic nitrogens is 1. The largest absolute Gasteiger partial charge is 0.392 e. The standard InChI is InChI=1S/C34H49N5O3/c1-7-39(28-14-12-27(13-15-28)37(5)6)32-20-26(10-8-16-38-17-9-11-29(40)22-38)19-30(25(32)4)33(41)35-21-31-23(2)18-24(3)36-34(31)42/h18-20,27-29,40H,7,9,11-17,21-22H2,1-6H3,(H,35,41)(H,36,42)/t27?,28?,29-/m0/s1. The minimum atomic E-state index is -0.285. The lowest BCUT2D eigenvalue weighted by Crippen LogP contribution is -2.42. The van der Waals surface area contributed by atoms with Crippen LogP contribution in [0.2, 0.25) is 0 Å². The molecule has 2 aliphatic rings. The van der Waals surface area contributed by atoms with Crippen LogP contribution >= 0.6 is 0 Å². The molecule has 1 amide bonds. The highest BCUT2D eigenvalue weighted by molar-refractivity contribution is 5.97. The van der Waals surface area contributed by atoms with E-state index in [0.717, 1.165) is 79.7 Å². The monoisotopic (exact) mass is 575 g/mol. The van der Waals surface area contributed by atoms with Gasteiger partial charge >= 0.3 is 0 Å². The Bertz CT molecular complexity index is 1360. The van der Waals surface area contributed by atoms with E-state index in [1.807, 2.05) is 32.9 Å². The number of nitrogens with zero attached hydrogens (tertiary/aromatic N) is 3. The first-order chi connectivity index (χ1) is 20.1. The number of benzene rings is 1. The number of H-pyrrole nitrogens is 1. The number of carbonyl (C=O) groups excluding carboxylic acids is 1. The third-order valence-corrected chi connectivity index (χ3v) is 9.05. The molecule has 8 nitrogen and oxygen atoms in total. The second-order valence-corrected chi connectivity index (χ2v) is 12.3. The summed E-state index contributed by atoms with van der Waals surface area (Å²) >= 11 is 0. The zero-order valence-electron chi connectivity index (χ0n) is 26.3. The van der Waals surface area contributed by atoms with E-state index in [1.165, 1.54) is 0 Å². The van der Waals surface area contributed by atoms with Crippen LogP contribution in [0.5, 0.6) is 0 Å². The molecule has 2 aromatic rings. The first-order valence-corrected chi connectivity index (χ1v) is 15.5. The smallest absolute Gasteiger partial charge is 0.253 e.